The highest BCUT2D eigenvalue weighted by Gasteiger charge is 2.42. The Hall–Kier alpha value is -2.53. The summed E-state index contributed by atoms with van der Waals surface area (Å²) >= 11 is 12.5. The molecular weight excluding hydrogens is 551 g/mol. The Balaban J connectivity index is 1.38. The van der Waals surface area contributed by atoms with Crippen LogP contribution in [0.2, 0.25) is 10.0 Å². The van der Waals surface area contributed by atoms with E-state index in [1.165, 1.54) is 10.6 Å². The summed E-state index contributed by atoms with van der Waals surface area (Å²) in [7, 11) is -1.54. The number of sulfonamides is 1. The molecule has 5 rings (SSSR count). The molecule has 2 saturated heterocycles. The van der Waals surface area contributed by atoms with Crippen molar-refractivity contribution in [3.05, 3.63) is 63.1 Å². The van der Waals surface area contributed by atoms with Gasteiger partial charge in [-0.3, -0.25) is 4.79 Å². The van der Waals surface area contributed by atoms with Crippen molar-refractivity contribution in [2.24, 2.45) is 0 Å². The summed E-state index contributed by atoms with van der Waals surface area (Å²) in [6.45, 7) is 2.50. The normalized spacial score (nSPS) is 21.8. The summed E-state index contributed by atoms with van der Waals surface area (Å²) in [5.41, 5.74) is 2.48. The third-order valence-corrected chi connectivity index (χ3v) is 9.71. The molecule has 204 valence electrons. The number of carbonyl (C=O) groups is 2. The number of hydrogen-bond acceptors (Lipinski definition) is 5. The molecule has 3 amide bonds. The minimum Gasteiger partial charge on any atom is -0.493 e. The van der Waals surface area contributed by atoms with E-state index >= 15 is 0 Å². The van der Waals surface area contributed by atoms with E-state index in [1.54, 1.807) is 39.9 Å². The monoisotopic (exact) mass is 580 g/mol. The number of urea groups is 1. The number of likely N-dealkylation sites (tertiary alicyclic amines) is 1. The zero-order valence-corrected chi connectivity index (χ0v) is 23.6. The lowest BCUT2D eigenvalue weighted by Gasteiger charge is -2.35. The van der Waals surface area contributed by atoms with Crippen molar-refractivity contribution < 1.29 is 22.7 Å². The van der Waals surface area contributed by atoms with Gasteiger partial charge < -0.3 is 19.4 Å². The van der Waals surface area contributed by atoms with E-state index in [2.05, 4.69) is 0 Å². The molecule has 9 nitrogen and oxygen atoms in total. The molecule has 0 aromatic heterocycles. The molecule has 3 aliphatic rings. The Morgan fingerprint density at radius 1 is 0.974 bits per heavy atom. The molecule has 3 heterocycles. The molecule has 0 N–H and O–H groups in total. The number of carbonyl (C=O) groups excluding carboxylic acids is 2. The number of hydrogen-bond donors (Lipinski definition) is 0. The van der Waals surface area contributed by atoms with Gasteiger partial charge in [-0.1, -0.05) is 29.3 Å². The van der Waals surface area contributed by atoms with Crippen LogP contribution in [-0.2, 0) is 16.4 Å². The van der Waals surface area contributed by atoms with E-state index in [0.29, 0.717) is 48.4 Å². The first kappa shape index (κ1) is 27.1. The van der Waals surface area contributed by atoms with Crippen molar-refractivity contribution in [1.82, 2.24) is 19.0 Å². The van der Waals surface area contributed by atoms with E-state index < -0.39 is 10.0 Å². The van der Waals surface area contributed by atoms with Crippen LogP contribution < -0.4 is 4.74 Å². The number of likely N-dealkylation sites (N-methyl/N-ethyl adjacent to an activating group) is 1. The first-order valence-corrected chi connectivity index (χ1v) is 15.1. The lowest BCUT2D eigenvalue weighted by Crippen LogP contribution is -2.53. The van der Waals surface area contributed by atoms with Crippen molar-refractivity contribution in [2.45, 2.75) is 18.4 Å². The van der Waals surface area contributed by atoms with Gasteiger partial charge in [0.15, 0.2) is 0 Å². The van der Waals surface area contributed by atoms with Crippen LogP contribution in [0.5, 0.6) is 5.75 Å². The molecule has 0 unspecified atom stereocenters. The average Bonchev–Trinajstić information content (AvgIpc) is 3.55. The Bertz CT molecular complexity index is 1360. The summed E-state index contributed by atoms with van der Waals surface area (Å²) in [5, 5.41) is 0.851. The van der Waals surface area contributed by atoms with Crippen LogP contribution in [0, 0.1) is 0 Å². The molecule has 2 fully saturated rings. The summed E-state index contributed by atoms with van der Waals surface area (Å²) in [6, 6.07) is 10.4. The van der Waals surface area contributed by atoms with Crippen molar-refractivity contribution in [2.75, 3.05) is 59.2 Å². The number of fused-ring (bicyclic) bond motifs is 1. The van der Waals surface area contributed by atoms with Crippen molar-refractivity contribution in [3.8, 4) is 5.75 Å². The maximum absolute atomic E-state index is 13.6. The van der Waals surface area contributed by atoms with Crippen molar-refractivity contribution >= 4 is 45.2 Å². The maximum atomic E-state index is 13.6. The number of piperazine rings is 1. The van der Waals surface area contributed by atoms with Gasteiger partial charge in [-0.05, 0) is 41.5 Å². The Kier molecular flexibility index (Phi) is 7.52. The molecule has 0 aliphatic carbocycles. The fraction of sp³-hybridized carbons (Fsp3) is 0.462. The van der Waals surface area contributed by atoms with Gasteiger partial charge in [0, 0.05) is 64.2 Å². The van der Waals surface area contributed by atoms with E-state index in [9.17, 15) is 18.0 Å². The van der Waals surface area contributed by atoms with Crippen molar-refractivity contribution in [3.63, 3.8) is 0 Å². The van der Waals surface area contributed by atoms with Gasteiger partial charge in [0.2, 0.25) is 10.0 Å². The highest BCUT2D eigenvalue weighted by atomic mass is 35.5. The summed E-state index contributed by atoms with van der Waals surface area (Å²) in [4.78, 5) is 32.2. The highest BCUT2D eigenvalue weighted by molar-refractivity contribution is 7.88. The number of amides is 3. The third-order valence-electron chi connectivity index (χ3n) is 7.66. The van der Waals surface area contributed by atoms with Crippen LogP contribution >= 0.6 is 23.2 Å². The number of ether oxygens (including phenoxy) is 1. The Morgan fingerprint density at radius 2 is 1.71 bits per heavy atom. The molecule has 2 aromatic rings. The zero-order valence-electron chi connectivity index (χ0n) is 21.3. The van der Waals surface area contributed by atoms with Crippen molar-refractivity contribution in [1.29, 1.82) is 0 Å². The second-order valence-electron chi connectivity index (χ2n) is 10.0. The smallest absolute Gasteiger partial charge is 0.320 e. The predicted molar refractivity (Wildman–Crippen MR) is 146 cm³/mol. The first-order chi connectivity index (χ1) is 18.0. The van der Waals surface area contributed by atoms with Crippen LogP contribution in [-0.4, -0.2) is 105 Å². The Morgan fingerprint density at radius 3 is 2.39 bits per heavy atom. The summed E-state index contributed by atoms with van der Waals surface area (Å²) < 4.78 is 30.7. The van der Waals surface area contributed by atoms with Gasteiger partial charge in [-0.2, -0.15) is 4.31 Å². The minimum absolute atomic E-state index is 0.133. The van der Waals surface area contributed by atoms with Crippen LogP contribution in [0.3, 0.4) is 0 Å². The van der Waals surface area contributed by atoms with E-state index in [0.717, 1.165) is 23.3 Å². The molecule has 0 radical (unpaired) electrons. The van der Waals surface area contributed by atoms with Gasteiger partial charge >= 0.3 is 6.03 Å². The molecule has 12 heteroatoms. The Labute approximate surface area is 232 Å². The second kappa shape index (κ2) is 10.6. The zero-order chi connectivity index (χ0) is 27.2. The summed E-state index contributed by atoms with van der Waals surface area (Å²) in [5.74, 6) is 0.495. The molecule has 0 saturated carbocycles. The molecule has 3 aliphatic heterocycles. The molecule has 0 bridgehead atoms. The number of halogens is 2. The quantitative estimate of drug-likeness (QED) is 0.554. The topological polar surface area (TPSA) is 90.5 Å². The van der Waals surface area contributed by atoms with Gasteiger partial charge in [0.1, 0.15) is 5.75 Å². The van der Waals surface area contributed by atoms with Crippen LogP contribution in [0.15, 0.2) is 36.4 Å². The van der Waals surface area contributed by atoms with Gasteiger partial charge in [-0.15, -0.1) is 0 Å². The first-order valence-electron chi connectivity index (χ1n) is 12.5. The van der Waals surface area contributed by atoms with Gasteiger partial charge in [0.25, 0.3) is 5.91 Å². The average molecular weight is 582 g/mol. The largest absolute Gasteiger partial charge is 0.493 e. The fourth-order valence-corrected chi connectivity index (χ4v) is 6.62. The lowest BCUT2D eigenvalue weighted by atomic mass is 9.93. The molecule has 0 spiro atoms. The van der Waals surface area contributed by atoms with Crippen LogP contribution in [0.1, 0.15) is 27.4 Å². The fourth-order valence-electron chi connectivity index (χ4n) is 5.49. The van der Waals surface area contributed by atoms with Gasteiger partial charge in [-0.25, -0.2) is 13.2 Å². The van der Waals surface area contributed by atoms with E-state index in [1.807, 2.05) is 18.2 Å². The molecule has 38 heavy (non-hydrogen) atoms. The SMILES string of the molecule is CN(C(=O)c1ccc2c(c1)CCO2)[C@@H]1CN(C(=O)N2CCN(S(C)(=O)=O)CC2)C[C@H]1c1ccc(Cl)c(Cl)c1. The minimum atomic E-state index is -3.30. The standard InChI is InChI=1S/C26H30Cl2N4O5S/c1-29(25(33)19-4-6-24-18(13-19)7-12-37-24)23-16-31(15-20(23)17-3-5-21(27)22(28)14-17)26(34)30-8-10-32(11-9-30)38(2,35)36/h3-6,13-14,20,23H,7-12,15-16H2,1-2H3/t20-,23+/m0/s1. The number of benzene rings is 2. The van der Waals surface area contributed by atoms with Crippen LogP contribution in [0.4, 0.5) is 4.79 Å². The molecular formula is C26H30Cl2N4O5S. The number of rotatable bonds is 4. The summed E-state index contributed by atoms with van der Waals surface area (Å²) in [6.07, 6.45) is 1.95. The number of nitrogens with zero attached hydrogens (tertiary/aromatic N) is 4. The highest BCUT2D eigenvalue weighted by Crippen LogP contribution is 2.36. The maximum Gasteiger partial charge on any atom is 0.320 e. The van der Waals surface area contributed by atoms with Crippen LogP contribution in [0.25, 0.3) is 0 Å². The molecule has 2 aromatic carbocycles. The lowest BCUT2D eigenvalue weighted by molar-refractivity contribution is 0.0723. The third kappa shape index (κ3) is 5.32. The van der Waals surface area contributed by atoms with E-state index in [-0.39, 0.29) is 37.0 Å². The second-order valence-corrected chi connectivity index (χ2v) is 12.8. The van der Waals surface area contributed by atoms with Gasteiger partial charge in [0.05, 0.1) is 28.9 Å². The predicted octanol–water partition coefficient (Wildman–Crippen LogP) is 3.17. The van der Waals surface area contributed by atoms with E-state index in [4.69, 9.17) is 27.9 Å². The molecule has 2 atom stereocenters.